The van der Waals surface area contributed by atoms with Crippen molar-refractivity contribution in [1.82, 2.24) is 9.97 Å². The van der Waals surface area contributed by atoms with E-state index >= 15 is 0 Å². The maximum atomic E-state index is 13.4. The van der Waals surface area contributed by atoms with Gasteiger partial charge in [-0.2, -0.15) is 13.2 Å². The monoisotopic (exact) mass is 605 g/mol. The van der Waals surface area contributed by atoms with Crippen molar-refractivity contribution in [3.05, 3.63) is 102 Å². The highest BCUT2D eigenvalue weighted by atomic mass is 32.2. The minimum atomic E-state index is -4.75. The molecule has 0 atom stereocenters. The van der Waals surface area contributed by atoms with Gasteiger partial charge in [0.05, 0.1) is 21.0 Å². The van der Waals surface area contributed by atoms with Crippen LogP contribution in [-0.2, 0) is 31.0 Å². The summed E-state index contributed by atoms with van der Waals surface area (Å²) in [5, 5.41) is 2.44. The molecule has 0 radical (unpaired) electrons. The van der Waals surface area contributed by atoms with E-state index in [1.165, 1.54) is 54.7 Å². The molecule has 0 fully saturated rings. The van der Waals surface area contributed by atoms with E-state index in [1.54, 1.807) is 19.1 Å². The largest absolute Gasteiger partial charge is 0.416 e. The Balaban J connectivity index is 1.57. The lowest BCUT2D eigenvalue weighted by atomic mass is 10.2. The van der Waals surface area contributed by atoms with Crippen molar-refractivity contribution in [2.45, 2.75) is 22.9 Å². The molecule has 2 N–H and O–H groups in total. The summed E-state index contributed by atoms with van der Waals surface area (Å²) in [5.41, 5.74) is -0.805. The lowest BCUT2D eigenvalue weighted by molar-refractivity contribution is -0.137. The van der Waals surface area contributed by atoms with Gasteiger partial charge in [0.25, 0.3) is 20.0 Å². The summed E-state index contributed by atoms with van der Waals surface area (Å²) in [5.74, 6) is -1.01. The molecule has 0 saturated carbocycles. The van der Waals surface area contributed by atoms with Crippen LogP contribution in [0, 0.1) is 6.92 Å². The van der Waals surface area contributed by atoms with Gasteiger partial charge in [-0.25, -0.2) is 31.5 Å². The van der Waals surface area contributed by atoms with Gasteiger partial charge in [0, 0.05) is 17.6 Å². The van der Waals surface area contributed by atoms with Gasteiger partial charge in [-0.05, 0) is 67.6 Å². The minimum Gasteiger partial charge on any atom is -0.325 e. The second-order valence-corrected chi connectivity index (χ2v) is 12.1. The fraction of sp³-hybridized carbons (Fsp3) is 0.115. The van der Waals surface area contributed by atoms with Crippen molar-refractivity contribution in [2.24, 2.45) is 0 Å². The summed E-state index contributed by atoms with van der Waals surface area (Å²) in [6.07, 6.45) is -3.36. The number of hydrogen-bond acceptors (Lipinski definition) is 7. The molecule has 0 bridgehead atoms. The predicted molar refractivity (Wildman–Crippen MR) is 145 cm³/mol. The molecule has 0 spiro atoms. The molecule has 0 aliphatic carbocycles. The number of alkyl halides is 3. The number of carbonyl (C=O) groups excluding carboxylic acids is 1. The number of aryl methyl sites for hydroxylation is 1. The smallest absolute Gasteiger partial charge is 0.325 e. The molecule has 4 rings (SSSR count). The summed E-state index contributed by atoms with van der Waals surface area (Å²) < 4.78 is 95.0. The zero-order valence-electron chi connectivity index (χ0n) is 21.2. The van der Waals surface area contributed by atoms with E-state index in [0.29, 0.717) is 16.1 Å². The third-order valence-corrected chi connectivity index (χ3v) is 8.68. The van der Waals surface area contributed by atoms with E-state index in [4.69, 9.17) is 0 Å². The van der Waals surface area contributed by atoms with Gasteiger partial charge in [-0.3, -0.25) is 9.10 Å². The van der Waals surface area contributed by atoms with Crippen LogP contribution in [0.4, 0.5) is 30.5 Å². The van der Waals surface area contributed by atoms with Crippen LogP contribution in [0.25, 0.3) is 0 Å². The number of halogens is 3. The zero-order chi connectivity index (χ0) is 29.8. The van der Waals surface area contributed by atoms with E-state index in [-0.39, 0.29) is 27.1 Å². The lowest BCUT2D eigenvalue weighted by Gasteiger charge is -2.25. The van der Waals surface area contributed by atoms with Crippen molar-refractivity contribution in [2.75, 3.05) is 20.9 Å². The molecule has 214 valence electrons. The number of rotatable bonds is 9. The number of benzene rings is 3. The average molecular weight is 606 g/mol. The Morgan fingerprint density at radius 3 is 2.20 bits per heavy atom. The summed E-state index contributed by atoms with van der Waals surface area (Å²) >= 11 is 0. The molecule has 0 aliphatic rings. The maximum absolute atomic E-state index is 13.4. The fourth-order valence-corrected chi connectivity index (χ4v) is 5.98. The Morgan fingerprint density at radius 1 is 0.878 bits per heavy atom. The van der Waals surface area contributed by atoms with Crippen LogP contribution in [0.15, 0.2) is 101 Å². The molecule has 15 heteroatoms. The van der Waals surface area contributed by atoms with Crippen LogP contribution in [0.1, 0.15) is 11.3 Å². The molecule has 1 amide bonds. The number of amides is 1. The highest BCUT2D eigenvalue weighted by molar-refractivity contribution is 7.93. The quantitative estimate of drug-likeness (QED) is 0.288. The molecule has 0 unspecified atom stereocenters. The van der Waals surface area contributed by atoms with E-state index in [9.17, 15) is 34.8 Å². The van der Waals surface area contributed by atoms with E-state index < -0.39 is 44.2 Å². The first-order valence-electron chi connectivity index (χ1n) is 11.7. The van der Waals surface area contributed by atoms with Crippen molar-refractivity contribution in [3.8, 4) is 0 Å². The van der Waals surface area contributed by atoms with Crippen LogP contribution in [0.3, 0.4) is 0 Å². The second kappa shape index (κ2) is 11.5. The summed E-state index contributed by atoms with van der Waals surface area (Å²) in [4.78, 5) is 20.3. The van der Waals surface area contributed by atoms with Crippen LogP contribution >= 0.6 is 0 Å². The Bertz CT molecular complexity index is 1770. The number of carbonyl (C=O) groups is 1. The summed E-state index contributed by atoms with van der Waals surface area (Å²) in [6.45, 7) is 0.793. The van der Waals surface area contributed by atoms with Crippen molar-refractivity contribution >= 4 is 43.3 Å². The van der Waals surface area contributed by atoms with Crippen LogP contribution in [0.2, 0.25) is 0 Å². The Hall–Kier alpha value is -4.50. The first-order chi connectivity index (χ1) is 19.3. The van der Waals surface area contributed by atoms with E-state index in [1.807, 2.05) is 0 Å². The van der Waals surface area contributed by atoms with Gasteiger partial charge >= 0.3 is 6.18 Å². The number of sulfonamides is 2. The van der Waals surface area contributed by atoms with Crippen LogP contribution < -0.4 is 14.3 Å². The number of hydrogen-bond donors (Lipinski definition) is 2. The van der Waals surface area contributed by atoms with Gasteiger partial charge in [0.2, 0.25) is 11.9 Å². The lowest BCUT2D eigenvalue weighted by Crippen LogP contribution is -2.38. The predicted octanol–water partition coefficient (Wildman–Crippen LogP) is 4.44. The van der Waals surface area contributed by atoms with Crippen molar-refractivity contribution in [1.29, 1.82) is 0 Å². The third-order valence-electron chi connectivity index (χ3n) is 5.55. The van der Waals surface area contributed by atoms with Crippen LogP contribution in [-0.4, -0.2) is 39.3 Å². The first-order valence-corrected chi connectivity index (χ1v) is 14.7. The Morgan fingerprint density at radius 2 is 1.56 bits per heavy atom. The Kier molecular flexibility index (Phi) is 8.30. The molecule has 41 heavy (non-hydrogen) atoms. The van der Waals surface area contributed by atoms with Gasteiger partial charge in [-0.1, -0.05) is 24.3 Å². The normalized spacial score (nSPS) is 12.0. The van der Waals surface area contributed by atoms with Gasteiger partial charge in [0.1, 0.15) is 6.54 Å². The topological polar surface area (TPSA) is 138 Å². The summed E-state index contributed by atoms with van der Waals surface area (Å²) in [7, 11) is -8.52. The number of anilines is 3. The van der Waals surface area contributed by atoms with Gasteiger partial charge in [-0.15, -0.1) is 0 Å². The molecule has 4 aromatic rings. The highest BCUT2D eigenvalue weighted by Gasteiger charge is 2.33. The molecular formula is C26H22F3N5O5S2. The van der Waals surface area contributed by atoms with E-state index in [0.717, 1.165) is 18.2 Å². The zero-order valence-corrected chi connectivity index (χ0v) is 22.8. The Labute approximate surface area is 234 Å². The first kappa shape index (κ1) is 29.5. The van der Waals surface area contributed by atoms with Gasteiger partial charge in [0.15, 0.2) is 0 Å². The van der Waals surface area contributed by atoms with Gasteiger partial charge < -0.3 is 5.32 Å². The van der Waals surface area contributed by atoms with E-state index in [2.05, 4.69) is 20.0 Å². The maximum Gasteiger partial charge on any atom is 0.416 e. The summed E-state index contributed by atoms with van der Waals surface area (Å²) in [6, 6.07) is 17.1. The SMILES string of the molecule is Cc1ccnc(NS(=O)(=O)c2ccc(NC(=O)CN(c3cccc(C(F)(F)F)c3)S(=O)(=O)c3ccccc3)cc2)n1. The molecule has 0 saturated heterocycles. The highest BCUT2D eigenvalue weighted by Crippen LogP contribution is 2.33. The molecule has 1 heterocycles. The second-order valence-electron chi connectivity index (χ2n) is 8.57. The van der Waals surface area contributed by atoms with Crippen LogP contribution in [0.5, 0.6) is 0 Å². The number of aromatic nitrogens is 2. The van der Waals surface area contributed by atoms with Crippen molar-refractivity contribution in [3.63, 3.8) is 0 Å². The van der Waals surface area contributed by atoms with Crippen molar-refractivity contribution < 1.29 is 34.8 Å². The number of nitrogens with one attached hydrogen (secondary N) is 2. The average Bonchev–Trinajstić information content (AvgIpc) is 2.92. The molecule has 0 aliphatic heterocycles. The third kappa shape index (κ3) is 7.18. The standard InChI is InChI=1S/C26H22F3N5O5S2/c1-18-14-15-30-25(31-18)33-40(36,37)22-12-10-20(11-13-22)32-24(35)17-34(41(38,39)23-8-3-2-4-9-23)21-7-5-6-19(16-21)26(27,28)29/h2-16H,17H2,1H3,(H,32,35)(H,30,31,33). The number of nitrogens with zero attached hydrogens (tertiary/aromatic N) is 3. The minimum absolute atomic E-state index is 0.113. The fourth-order valence-electron chi connectivity index (χ4n) is 3.60. The molecular weight excluding hydrogens is 583 g/mol. The molecule has 10 nitrogen and oxygen atoms in total. The molecule has 3 aromatic carbocycles. The molecule has 1 aromatic heterocycles.